The second-order valence-electron chi connectivity index (χ2n) is 3.09. The van der Waals surface area contributed by atoms with Gasteiger partial charge in [-0.1, -0.05) is 12.2 Å². The molecule has 2 N–H and O–H groups in total. The summed E-state index contributed by atoms with van der Waals surface area (Å²) in [5.41, 5.74) is 0. The first-order valence-corrected chi connectivity index (χ1v) is 3.53. The zero-order valence-electron chi connectivity index (χ0n) is 5.75. The van der Waals surface area contributed by atoms with Crippen molar-refractivity contribution < 1.29 is 10.2 Å². The van der Waals surface area contributed by atoms with E-state index < -0.39 is 0 Å². The molecule has 1 saturated carbocycles. The van der Waals surface area contributed by atoms with Crippen LogP contribution in [0.1, 0.15) is 12.8 Å². The molecule has 3 heteroatoms. The van der Waals surface area contributed by atoms with E-state index in [-0.39, 0.29) is 18.6 Å². The fourth-order valence-electron chi connectivity index (χ4n) is 1.57. The molecule has 0 radical (unpaired) electrons. The van der Waals surface area contributed by atoms with E-state index in [1.54, 1.807) is 0 Å². The van der Waals surface area contributed by atoms with E-state index in [1.807, 2.05) is 0 Å². The van der Waals surface area contributed by atoms with Crippen LogP contribution in [0.4, 0.5) is 0 Å². The van der Waals surface area contributed by atoms with Gasteiger partial charge in [-0.2, -0.15) is 0 Å². The Morgan fingerprint density at radius 2 is 2.11 bits per heavy atom. The van der Waals surface area contributed by atoms with Gasteiger partial charge in [0.2, 0.25) is 0 Å². The summed E-state index contributed by atoms with van der Waals surface area (Å²) in [7, 11) is 2.11. The number of aliphatic hydroxyl groups excluding tert-OH is 2. The van der Waals surface area contributed by atoms with Gasteiger partial charge in [-0.05, 0) is 6.42 Å². The summed E-state index contributed by atoms with van der Waals surface area (Å²) in [6.07, 6.45) is 1.60. The molecule has 0 aliphatic heterocycles. The van der Waals surface area contributed by atoms with Gasteiger partial charge in [0, 0.05) is 12.5 Å². The first-order valence-electron chi connectivity index (χ1n) is 3.53. The Labute approximate surface area is 56.3 Å². The fourth-order valence-corrected chi connectivity index (χ4v) is 1.57. The van der Waals surface area contributed by atoms with Crippen molar-refractivity contribution >= 4 is 7.85 Å². The lowest BCUT2D eigenvalue weighted by Gasteiger charge is -2.08. The number of hydrogen-bond acceptors (Lipinski definition) is 2. The van der Waals surface area contributed by atoms with Crippen molar-refractivity contribution in [2.75, 3.05) is 6.61 Å². The quantitative estimate of drug-likeness (QED) is 0.452. The molecule has 52 valence electrons. The van der Waals surface area contributed by atoms with Crippen LogP contribution in [0.15, 0.2) is 0 Å². The van der Waals surface area contributed by atoms with Gasteiger partial charge in [0.15, 0.2) is 0 Å². The molecule has 0 aromatic heterocycles. The minimum absolute atomic E-state index is 0.144. The average molecular weight is 128 g/mol. The Morgan fingerprint density at radius 1 is 1.44 bits per heavy atom. The highest BCUT2D eigenvalue weighted by Gasteiger charge is 2.29. The Balaban J connectivity index is 2.38. The van der Waals surface area contributed by atoms with E-state index in [4.69, 9.17) is 5.11 Å². The van der Waals surface area contributed by atoms with E-state index >= 15 is 0 Å². The number of rotatable bonds is 1. The van der Waals surface area contributed by atoms with E-state index in [0.29, 0.717) is 5.82 Å². The van der Waals surface area contributed by atoms with Crippen LogP contribution in [0.25, 0.3) is 0 Å². The molecule has 1 fully saturated rings. The van der Waals surface area contributed by atoms with Gasteiger partial charge in [-0.25, -0.2) is 0 Å². The third-order valence-corrected chi connectivity index (χ3v) is 2.13. The lowest BCUT2D eigenvalue weighted by molar-refractivity contribution is 0.0909. The van der Waals surface area contributed by atoms with Crippen molar-refractivity contribution in [2.45, 2.75) is 24.8 Å². The molecular weight excluding hydrogens is 115 g/mol. The summed E-state index contributed by atoms with van der Waals surface area (Å²) in [5.74, 6) is 0.747. The van der Waals surface area contributed by atoms with Crippen molar-refractivity contribution in [1.29, 1.82) is 0 Å². The molecule has 3 atom stereocenters. The summed E-state index contributed by atoms with van der Waals surface area (Å²) in [6.45, 7) is 0.144. The van der Waals surface area contributed by atoms with Crippen LogP contribution in [0.2, 0.25) is 5.82 Å². The zero-order chi connectivity index (χ0) is 6.85. The van der Waals surface area contributed by atoms with Crippen LogP contribution in [-0.4, -0.2) is 30.8 Å². The highest BCUT2D eigenvalue weighted by Crippen LogP contribution is 2.32. The van der Waals surface area contributed by atoms with E-state index in [2.05, 4.69) is 7.85 Å². The second kappa shape index (κ2) is 2.71. The topological polar surface area (TPSA) is 40.5 Å². The lowest BCUT2D eigenvalue weighted by Crippen LogP contribution is -2.16. The molecule has 0 aromatic carbocycles. The molecule has 0 amide bonds. The largest absolute Gasteiger partial charge is 0.396 e. The predicted molar refractivity (Wildman–Crippen MR) is 38.1 cm³/mol. The summed E-state index contributed by atoms with van der Waals surface area (Å²) in [5, 5.41) is 17.9. The Hall–Kier alpha value is -0.0151. The van der Waals surface area contributed by atoms with Crippen LogP contribution in [0.3, 0.4) is 0 Å². The third-order valence-electron chi connectivity index (χ3n) is 2.13. The highest BCUT2D eigenvalue weighted by atomic mass is 16.3. The number of hydrogen-bond donors (Lipinski definition) is 2. The van der Waals surface area contributed by atoms with Gasteiger partial charge in [0.25, 0.3) is 0 Å². The summed E-state index contributed by atoms with van der Waals surface area (Å²) in [4.78, 5) is 0. The fraction of sp³-hybridized carbons (Fsp3) is 1.00. The van der Waals surface area contributed by atoms with Crippen LogP contribution >= 0.6 is 0 Å². The van der Waals surface area contributed by atoms with Crippen LogP contribution in [0.5, 0.6) is 0 Å². The lowest BCUT2D eigenvalue weighted by atomic mass is 9.85. The molecule has 2 nitrogen and oxygen atoms in total. The van der Waals surface area contributed by atoms with Crippen molar-refractivity contribution in [3.8, 4) is 0 Å². The Morgan fingerprint density at radius 3 is 2.33 bits per heavy atom. The molecule has 1 aliphatic rings. The van der Waals surface area contributed by atoms with Crippen LogP contribution < -0.4 is 0 Å². The van der Waals surface area contributed by atoms with Gasteiger partial charge in [-0.3, -0.25) is 0 Å². The highest BCUT2D eigenvalue weighted by molar-refractivity contribution is 6.11. The van der Waals surface area contributed by atoms with Crippen molar-refractivity contribution in [1.82, 2.24) is 0 Å². The average Bonchev–Trinajstić information content (AvgIpc) is 2.10. The van der Waals surface area contributed by atoms with Gasteiger partial charge >= 0.3 is 0 Å². The molecule has 1 aliphatic carbocycles. The second-order valence-corrected chi connectivity index (χ2v) is 3.09. The van der Waals surface area contributed by atoms with Crippen molar-refractivity contribution in [3.05, 3.63) is 0 Å². The van der Waals surface area contributed by atoms with E-state index in [0.717, 1.165) is 12.8 Å². The first kappa shape index (κ1) is 7.10. The minimum atomic E-state index is -0.245. The molecule has 0 aromatic rings. The zero-order valence-corrected chi connectivity index (χ0v) is 5.75. The maximum absolute atomic E-state index is 9.20. The smallest absolute Gasteiger partial charge is 0.105 e. The summed E-state index contributed by atoms with van der Waals surface area (Å²) >= 11 is 0. The van der Waals surface area contributed by atoms with Gasteiger partial charge in [-0.15, -0.1) is 0 Å². The maximum Gasteiger partial charge on any atom is 0.105 e. The molecule has 0 spiro atoms. The monoisotopic (exact) mass is 128 g/mol. The molecule has 3 unspecified atom stereocenters. The third kappa shape index (κ3) is 1.46. The van der Waals surface area contributed by atoms with Crippen molar-refractivity contribution in [2.24, 2.45) is 5.92 Å². The molecule has 0 saturated heterocycles. The van der Waals surface area contributed by atoms with Gasteiger partial charge in [0.05, 0.1) is 6.10 Å². The maximum atomic E-state index is 9.20. The molecule has 0 bridgehead atoms. The Kier molecular flexibility index (Phi) is 2.14. The summed E-state index contributed by atoms with van der Waals surface area (Å²) in [6, 6.07) is 0. The van der Waals surface area contributed by atoms with Gasteiger partial charge in [0.1, 0.15) is 7.85 Å². The molecule has 9 heavy (non-hydrogen) atoms. The molecule has 1 rings (SSSR count). The normalized spacial score (nSPS) is 43.6. The predicted octanol–water partition coefficient (Wildman–Crippen LogP) is -0.829. The molecule has 0 heterocycles. The Bertz CT molecular complexity index is 97.1. The first-order chi connectivity index (χ1) is 4.24. The van der Waals surface area contributed by atoms with Crippen LogP contribution in [0, 0.1) is 5.92 Å². The van der Waals surface area contributed by atoms with Gasteiger partial charge < -0.3 is 10.2 Å². The SMILES string of the molecule is BC1CC(O)C(CO)C1. The van der Waals surface area contributed by atoms with E-state index in [1.165, 1.54) is 0 Å². The minimum Gasteiger partial charge on any atom is -0.396 e. The summed E-state index contributed by atoms with van der Waals surface area (Å²) < 4.78 is 0. The van der Waals surface area contributed by atoms with Crippen molar-refractivity contribution in [3.63, 3.8) is 0 Å². The molecular formula is C6H13BO2. The standard InChI is InChI=1S/C6H13BO2/c7-5-1-4(3-8)6(9)2-5/h4-6,8-9H,1-3,7H2. The van der Waals surface area contributed by atoms with E-state index in [9.17, 15) is 5.11 Å². The number of aliphatic hydroxyl groups is 2. The van der Waals surface area contributed by atoms with Crippen LogP contribution in [-0.2, 0) is 0 Å².